The Morgan fingerprint density at radius 3 is 2.48 bits per heavy atom. The Kier molecular flexibility index (Phi) is 6.65. The Morgan fingerprint density at radius 1 is 1.03 bits per heavy atom. The summed E-state index contributed by atoms with van der Waals surface area (Å²) in [7, 11) is 0. The van der Waals surface area contributed by atoms with E-state index in [9.17, 15) is 9.59 Å². The van der Waals surface area contributed by atoms with Crippen LogP contribution in [0, 0.1) is 0 Å². The highest BCUT2D eigenvalue weighted by molar-refractivity contribution is 9.10. The summed E-state index contributed by atoms with van der Waals surface area (Å²) in [6, 6.07) is 23.8. The van der Waals surface area contributed by atoms with Crippen molar-refractivity contribution in [2.75, 3.05) is 0 Å². The van der Waals surface area contributed by atoms with Gasteiger partial charge in [0.05, 0.1) is 17.0 Å². The summed E-state index contributed by atoms with van der Waals surface area (Å²) in [4.78, 5) is 27.2. The van der Waals surface area contributed by atoms with Crippen LogP contribution in [0.15, 0.2) is 88.2 Å². The van der Waals surface area contributed by atoms with E-state index in [1.54, 1.807) is 53.4 Å². The number of thioether (sulfide) groups is 1. The van der Waals surface area contributed by atoms with Crippen molar-refractivity contribution < 1.29 is 14.3 Å². The molecule has 7 heteroatoms. The Balaban J connectivity index is 1.44. The zero-order valence-corrected chi connectivity index (χ0v) is 19.4. The molecule has 0 N–H and O–H groups in total. The predicted octanol–water partition coefficient (Wildman–Crippen LogP) is 6.07. The molecule has 3 aromatic rings. The molecule has 4 nitrogen and oxygen atoms in total. The number of thiocarbonyl (C=S) groups is 1. The molecule has 0 unspecified atom stereocenters. The van der Waals surface area contributed by atoms with E-state index in [2.05, 4.69) is 15.9 Å². The van der Waals surface area contributed by atoms with Crippen LogP contribution in [0.3, 0.4) is 0 Å². The van der Waals surface area contributed by atoms with Gasteiger partial charge in [0, 0.05) is 4.47 Å². The third-order valence-corrected chi connectivity index (χ3v) is 6.38. The molecule has 1 saturated heterocycles. The van der Waals surface area contributed by atoms with Crippen LogP contribution >= 0.6 is 39.9 Å². The molecule has 1 fully saturated rings. The minimum Gasteiger partial charge on any atom is -0.423 e. The van der Waals surface area contributed by atoms with Gasteiger partial charge in [-0.2, -0.15) is 0 Å². The number of carbonyl (C=O) groups excluding carboxylic acids is 2. The first kappa shape index (κ1) is 21.5. The second kappa shape index (κ2) is 9.60. The predicted molar refractivity (Wildman–Crippen MR) is 131 cm³/mol. The van der Waals surface area contributed by atoms with Gasteiger partial charge in [-0.05, 0) is 47.5 Å². The molecule has 0 atom stereocenters. The summed E-state index contributed by atoms with van der Waals surface area (Å²) in [6.45, 7) is 0.452. The number of nitrogens with zero attached hydrogens (tertiary/aromatic N) is 1. The highest BCUT2D eigenvalue weighted by atomic mass is 79.9. The number of ether oxygens (including phenoxy) is 1. The van der Waals surface area contributed by atoms with Gasteiger partial charge >= 0.3 is 5.97 Å². The maximum absolute atomic E-state index is 12.8. The quantitative estimate of drug-likeness (QED) is 0.181. The number of hydrogen-bond acceptors (Lipinski definition) is 5. The third-order valence-electron chi connectivity index (χ3n) is 4.51. The lowest BCUT2D eigenvalue weighted by Crippen LogP contribution is -2.27. The summed E-state index contributed by atoms with van der Waals surface area (Å²) in [5.41, 5.74) is 2.31. The highest BCUT2D eigenvalue weighted by Gasteiger charge is 2.31. The Bertz CT molecular complexity index is 1180. The van der Waals surface area contributed by atoms with E-state index in [1.807, 2.05) is 36.4 Å². The van der Waals surface area contributed by atoms with Crippen molar-refractivity contribution >= 4 is 62.2 Å². The summed E-state index contributed by atoms with van der Waals surface area (Å²) in [6.07, 6.45) is 1.80. The molecule has 0 saturated carbocycles. The topological polar surface area (TPSA) is 46.6 Å². The van der Waals surface area contributed by atoms with Gasteiger partial charge in [-0.15, -0.1) is 0 Å². The lowest BCUT2D eigenvalue weighted by Gasteiger charge is -2.14. The van der Waals surface area contributed by atoms with Crippen molar-refractivity contribution in [3.63, 3.8) is 0 Å². The number of amides is 1. The van der Waals surface area contributed by atoms with Crippen molar-refractivity contribution in [3.8, 4) is 5.75 Å². The number of benzene rings is 3. The number of esters is 1. The lowest BCUT2D eigenvalue weighted by atomic mass is 10.2. The molecule has 4 rings (SSSR count). The van der Waals surface area contributed by atoms with Gasteiger partial charge < -0.3 is 4.74 Å². The molecule has 0 aliphatic carbocycles. The monoisotopic (exact) mass is 509 g/mol. The van der Waals surface area contributed by atoms with E-state index in [0.29, 0.717) is 27.1 Å². The van der Waals surface area contributed by atoms with Crippen molar-refractivity contribution in [2.24, 2.45) is 0 Å². The first-order valence-electron chi connectivity index (χ1n) is 9.37. The van der Waals surface area contributed by atoms with Crippen LogP contribution in [0.2, 0.25) is 0 Å². The molecule has 3 aromatic carbocycles. The summed E-state index contributed by atoms with van der Waals surface area (Å²) in [5, 5.41) is 0. The van der Waals surface area contributed by atoms with Gasteiger partial charge in [0.2, 0.25) is 0 Å². The standard InChI is InChI=1S/C24H16BrNO3S2/c25-19-8-4-7-18(14-19)23(28)29-20-11-9-16(10-12-20)13-21-22(27)26(24(30)31-21)15-17-5-2-1-3-6-17/h1-14H,15H2/b21-13+. The highest BCUT2D eigenvalue weighted by Crippen LogP contribution is 2.33. The van der Waals surface area contributed by atoms with E-state index in [-0.39, 0.29) is 5.91 Å². The summed E-state index contributed by atoms with van der Waals surface area (Å²) >= 11 is 10.0. The molecule has 0 spiro atoms. The number of hydrogen-bond donors (Lipinski definition) is 0. The summed E-state index contributed by atoms with van der Waals surface area (Å²) < 4.78 is 6.77. The number of carbonyl (C=O) groups is 2. The van der Waals surface area contributed by atoms with Crippen LogP contribution in [0.1, 0.15) is 21.5 Å². The fourth-order valence-electron chi connectivity index (χ4n) is 2.97. The molecular formula is C24H16BrNO3S2. The second-order valence-corrected chi connectivity index (χ2v) is 9.31. The number of halogens is 1. The second-order valence-electron chi connectivity index (χ2n) is 6.72. The van der Waals surface area contributed by atoms with Crippen LogP contribution in [0.5, 0.6) is 5.75 Å². The van der Waals surface area contributed by atoms with Crippen molar-refractivity contribution in [1.82, 2.24) is 4.90 Å². The first-order chi connectivity index (χ1) is 15.0. The van der Waals surface area contributed by atoms with E-state index in [1.165, 1.54) is 11.8 Å². The minimum atomic E-state index is -0.434. The van der Waals surface area contributed by atoms with Gasteiger partial charge in [-0.3, -0.25) is 9.69 Å². The van der Waals surface area contributed by atoms with Gasteiger partial charge in [-0.25, -0.2) is 4.79 Å². The molecule has 1 aliphatic rings. The molecule has 0 bridgehead atoms. The zero-order chi connectivity index (χ0) is 21.8. The van der Waals surface area contributed by atoms with Crippen LogP contribution in [0.25, 0.3) is 6.08 Å². The SMILES string of the molecule is O=C(Oc1ccc(/C=C2/SC(=S)N(Cc3ccccc3)C2=O)cc1)c1cccc(Br)c1. The Morgan fingerprint density at radius 2 is 1.77 bits per heavy atom. The zero-order valence-electron chi connectivity index (χ0n) is 16.2. The van der Waals surface area contributed by atoms with Crippen LogP contribution in [-0.2, 0) is 11.3 Å². The van der Waals surface area contributed by atoms with Crippen molar-refractivity contribution in [3.05, 3.63) is 105 Å². The molecule has 1 amide bonds. The molecule has 1 aliphatic heterocycles. The molecule has 154 valence electrons. The van der Waals surface area contributed by atoms with E-state index >= 15 is 0 Å². The van der Waals surface area contributed by atoms with E-state index < -0.39 is 5.97 Å². The average molecular weight is 510 g/mol. The third kappa shape index (κ3) is 5.31. The van der Waals surface area contributed by atoms with Gasteiger partial charge in [-0.1, -0.05) is 88.4 Å². The number of rotatable bonds is 5. The van der Waals surface area contributed by atoms with Gasteiger partial charge in [0.15, 0.2) is 0 Å². The Hall–Kier alpha value is -2.74. The van der Waals surface area contributed by atoms with Crippen molar-refractivity contribution in [2.45, 2.75) is 6.54 Å². The minimum absolute atomic E-state index is 0.107. The summed E-state index contributed by atoms with van der Waals surface area (Å²) in [5.74, 6) is -0.112. The molecule has 0 radical (unpaired) electrons. The molecular weight excluding hydrogens is 494 g/mol. The molecule has 1 heterocycles. The van der Waals surface area contributed by atoms with E-state index in [4.69, 9.17) is 17.0 Å². The van der Waals surface area contributed by atoms with Crippen LogP contribution in [-0.4, -0.2) is 21.1 Å². The van der Waals surface area contributed by atoms with Crippen LogP contribution in [0.4, 0.5) is 0 Å². The van der Waals surface area contributed by atoms with Crippen molar-refractivity contribution in [1.29, 1.82) is 0 Å². The normalized spacial score (nSPS) is 14.9. The largest absolute Gasteiger partial charge is 0.423 e. The van der Waals surface area contributed by atoms with Crippen LogP contribution < -0.4 is 4.74 Å². The van der Waals surface area contributed by atoms with Gasteiger partial charge in [0.1, 0.15) is 10.1 Å². The fourth-order valence-corrected chi connectivity index (χ4v) is 4.62. The maximum Gasteiger partial charge on any atom is 0.343 e. The first-order valence-corrected chi connectivity index (χ1v) is 11.4. The maximum atomic E-state index is 12.8. The Labute approximate surface area is 198 Å². The average Bonchev–Trinajstić information content (AvgIpc) is 3.03. The molecule has 0 aromatic heterocycles. The van der Waals surface area contributed by atoms with Gasteiger partial charge in [0.25, 0.3) is 5.91 Å². The molecule has 31 heavy (non-hydrogen) atoms. The van der Waals surface area contributed by atoms with E-state index in [0.717, 1.165) is 15.6 Å². The lowest BCUT2D eigenvalue weighted by molar-refractivity contribution is -0.122. The fraction of sp³-hybridized carbons (Fsp3) is 0.0417. The smallest absolute Gasteiger partial charge is 0.343 e.